The van der Waals surface area contributed by atoms with Gasteiger partial charge in [-0.2, -0.15) is 20.2 Å². The minimum absolute atomic E-state index is 0.0580. The van der Waals surface area contributed by atoms with Crippen LogP contribution in [0.1, 0.15) is 148 Å². The van der Waals surface area contributed by atoms with Crippen molar-refractivity contribution >= 4 is 75.0 Å². The molecular formula is C50H88N4O20S2. The molecule has 0 fully saturated rings. The Morgan fingerprint density at radius 1 is 0.513 bits per heavy atom. The van der Waals surface area contributed by atoms with E-state index in [1.165, 1.54) is 11.8 Å². The highest BCUT2D eigenvalue weighted by Crippen LogP contribution is 2.16. The van der Waals surface area contributed by atoms with Crippen LogP contribution in [0.4, 0.5) is 0 Å². The molecular weight excluding hydrogens is 1040 g/mol. The van der Waals surface area contributed by atoms with Gasteiger partial charge in [0, 0.05) is 57.1 Å². The SMILES string of the molecule is C[C@@H](CSCC(=O)NCCCC[C@@H](NC(=O)COCCOCCCC(=O)COCCOCCNC(=O)CC[C@H](NC(=O)CCCCCCCCCCCCCCCS(=O)(=O)O)C(=O)O)C(=O)O)C(=O)C[C@@H](CO)C(=O)O. The van der Waals surface area contributed by atoms with Crippen molar-refractivity contribution in [2.75, 3.05) is 89.8 Å². The zero-order chi connectivity index (χ0) is 56.8. The van der Waals surface area contributed by atoms with Crippen molar-refractivity contribution in [2.24, 2.45) is 11.8 Å². The van der Waals surface area contributed by atoms with Gasteiger partial charge in [-0.15, -0.1) is 0 Å². The normalized spacial score (nSPS) is 13.0. The number of nitrogens with one attached hydrogen (secondary N) is 4. The minimum Gasteiger partial charge on any atom is -0.481 e. The monoisotopic (exact) mass is 1130 g/mol. The zero-order valence-corrected chi connectivity index (χ0v) is 46.1. The number of amides is 4. The molecule has 0 aliphatic carbocycles. The first-order chi connectivity index (χ1) is 36.2. The summed E-state index contributed by atoms with van der Waals surface area (Å²) in [6, 6.07) is -2.33. The molecule has 26 heteroatoms. The van der Waals surface area contributed by atoms with Crippen LogP contribution in [-0.4, -0.2) is 188 Å². The number of Topliss-reactive ketones (excluding diaryl/α,β-unsaturated/α-hetero) is 2. The summed E-state index contributed by atoms with van der Waals surface area (Å²) >= 11 is 1.21. The Hall–Kier alpha value is -4.31. The maximum atomic E-state index is 12.4. The molecule has 4 atom stereocenters. The lowest BCUT2D eigenvalue weighted by Gasteiger charge is -2.15. The Morgan fingerprint density at radius 3 is 1.62 bits per heavy atom. The number of aliphatic hydroxyl groups excluding tert-OH is 1. The Labute approximate surface area is 452 Å². The smallest absolute Gasteiger partial charge is 0.326 e. The number of hydrogen-bond donors (Lipinski definition) is 9. The summed E-state index contributed by atoms with van der Waals surface area (Å²) in [5.74, 6) is -7.24. The van der Waals surface area contributed by atoms with Crippen LogP contribution in [0.2, 0.25) is 0 Å². The van der Waals surface area contributed by atoms with E-state index in [4.69, 9.17) is 33.7 Å². The third-order valence-corrected chi connectivity index (χ3v) is 13.7. The van der Waals surface area contributed by atoms with Crippen LogP contribution in [0.25, 0.3) is 0 Å². The fraction of sp³-hybridized carbons (Fsp3) is 0.820. The molecule has 0 saturated heterocycles. The van der Waals surface area contributed by atoms with Crippen LogP contribution in [0.3, 0.4) is 0 Å². The molecule has 24 nitrogen and oxygen atoms in total. The van der Waals surface area contributed by atoms with Gasteiger partial charge >= 0.3 is 17.9 Å². The molecule has 0 unspecified atom stereocenters. The average Bonchev–Trinajstić information content (AvgIpc) is 3.35. The van der Waals surface area contributed by atoms with Gasteiger partial charge in [-0.25, -0.2) is 9.59 Å². The first kappa shape index (κ1) is 71.7. The summed E-state index contributed by atoms with van der Waals surface area (Å²) in [4.78, 5) is 108. The Kier molecular flexibility index (Phi) is 44.1. The molecule has 0 bridgehead atoms. The molecule has 9 N–H and O–H groups in total. The van der Waals surface area contributed by atoms with Crippen LogP contribution >= 0.6 is 11.8 Å². The molecule has 0 spiro atoms. The van der Waals surface area contributed by atoms with Gasteiger partial charge in [0.05, 0.1) is 57.1 Å². The second-order valence-corrected chi connectivity index (χ2v) is 21.2. The largest absolute Gasteiger partial charge is 0.481 e. The topological polar surface area (TPSA) is 374 Å². The van der Waals surface area contributed by atoms with Crippen molar-refractivity contribution in [3.8, 4) is 0 Å². The van der Waals surface area contributed by atoms with Gasteiger partial charge in [0.25, 0.3) is 10.1 Å². The van der Waals surface area contributed by atoms with Crippen LogP contribution in [0, 0.1) is 11.8 Å². The lowest BCUT2D eigenvalue weighted by atomic mass is 9.97. The highest BCUT2D eigenvalue weighted by atomic mass is 32.2. The lowest BCUT2D eigenvalue weighted by molar-refractivity contribution is -0.145. The second kappa shape index (κ2) is 46.8. The van der Waals surface area contributed by atoms with Gasteiger partial charge in [-0.05, 0) is 44.9 Å². The number of carboxylic acid groups (broad SMARTS) is 3. The molecule has 0 radical (unpaired) electrons. The van der Waals surface area contributed by atoms with Crippen molar-refractivity contribution < 1.29 is 95.5 Å². The highest BCUT2D eigenvalue weighted by Gasteiger charge is 2.24. The number of aliphatic hydroxyl groups is 1. The molecule has 0 saturated carbocycles. The number of unbranched alkanes of at least 4 members (excludes halogenated alkanes) is 13. The van der Waals surface area contributed by atoms with E-state index in [1.807, 2.05) is 0 Å². The van der Waals surface area contributed by atoms with E-state index in [2.05, 4.69) is 21.3 Å². The quantitative estimate of drug-likeness (QED) is 0.0312. The molecule has 0 aromatic rings. The van der Waals surface area contributed by atoms with Crippen molar-refractivity contribution in [1.82, 2.24) is 21.3 Å². The first-order valence-electron chi connectivity index (χ1n) is 26.5. The Bertz CT molecular complexity index is 1790. The number of aliphatic carboxylic acids is 3. The minimum atomic E-state index is -3.86. The fourth-order valence-corrected chi connectivity index (χ4v) is 8.75. The molecule has 76 heavy (non-hydrogen) atoms. The van der Waals surface area contributed by atoms with Gasteiger partial charge in [-0.3, -0.25) is 38.1 Å². The number of carboxylic acids is 3. The average molecular weight is 1130 g/mol. The summed E-state index contributed by atoms with van der Waals surface area (Å²) < 4.78 is 51.6. The predicted octanol–water partition coefficient (Wildman–Crippen LogP) is 3.09. The van der Waals surface area contributed by atoms with E-state index in [1.54, 1.807) is 6.92 Å². The van der Waals surface area contributed by atoms with Crippen LogP contribution in [-0.2, 0) is 72.2 Å². The summed E-state index contributed by atoms with van der Waals surface area (Å²) in [6.07, 6.45) is 13.9. The van der Waals surface area contributed by atoms with Gasteiger partial charge in [-0.1, -0.05) is 77.6 Å². The first-order valence-corrected chi connectivity index (χ1v) is 29.3. The molecule has 0 aliphatic heterocycles. The van der Waals surface area contributed by atoms with E-state index >= 15 is 0 Å². The number of carbonyl (C=O) groups excluding carboxylic acids is 6. The summed E-state index contributed by atoms with van der Waals surface area (Å²) in [5, 5.41) is 47.4. The predicted molar refractivity (Wildman–Crippen MR) is 281 cm³/mol. The molecule has 440 valence electrons. The Balaban J connectivity index is 3.84. The number of hydrogen-bond acceptors (Lipinski definition) is 17. The van der Waals surface area contributed by atoms with Crippen molar-refractivity contribution in [3.05, 3.63) is 0 Å². The molecule has 0 aromatic carbocycles. The maximum Gasteiger partial charge on any atom is 0.326 e. The lowest BCUT2D eigenvalue weighted by Crippen LogP contribution is -2.42. The van der Waals surface area contributed by atoms with Crippen LogP contribution in [0.5, 0.6) is 0 Å². The molecule has 0 aliphatic rings. The fourth-order valence-electron chi connectivity index (χ4n) is 7.24. The molecule has 0 heterocycles. The maximum absolute atomic E-state index is 12.4. The van der Waals surface area contributed by atoms with Gasteiger partial charge in [0.15, 0.2) is 5.78 Å². The van der Waals surface area contributed by atoms with Gasteiger partial charge in [0.1, 0.15) is 31.1 Å². The number of carbonyl (C=O) groups is 9. The van der Waals surface area contributed by atoms with E-state index in [-0.39, 0.29) is 145 Å². The number of thioether (sulfide) groups is 1. The van der Waals surface area contributed by atoms with Gasteiger partial charge in [0.2, 0.25) is 23.6 Å². The molecule has 0 rings (SSSR count). The third-order valence-electron chi connectivity index (χ3n) is 11.7. The number of ether oxygens (including phenoxy) is 4. The number of rotatable bonds is 54. The summed E-state index contributed by atoms with van der Waals surface area (Å²) in [7, 11) is -3.86. The summed E-state index contributed by atoms with van der Waals surface area (Å²) in [6.45, 7) is 1.87. The standard InChI is InChI=1S/C50H88N4O20S2/c1-38(43(57)32-39(33-55)48(62)63)36-75-37-47(61)51-23-15-14-19-41(49(64)65)54-46(60)35-74-30-27-71-25-17-18-40(56)34-73-29-28-72-26-24-52-44(58)22-21-42(50(66)67)53-45(59)20-13-11-9-7-5-3-2-4-6-8-10-12-16-31-76(68,69)70/h38-39,41-42,55H,2-37H2,1H3,(H,51,61)(H,52,58)(H,53,59)(H,54,60)(H,62,63)(H,64,65)(H,66,67)(H,68,69,70)/t38-,39-,41+,42-/m0/s1. The van der Waals surface area contributed by atoms with E-state index in [9.17, 15) is 61.8 Å². The second-order valence-electron chi connectivity index (χ2n) is 18.6. The van der Waals surface area contributed by atoms with Crippen molar-refractivity contribution in [1.29, 1.82) is 0 Å². The molecule has 0 aromatic heterocycles. The van der Waals surface area contributed by atoms with Crippen LogP contribution in [0.15, 0.2) is 0 Å². The number of ketones is 2. The molecule has 4 amide bonds. The van der Waals surface area contributed by atoms with Gasteiger partial charge < -0.3 is 60.6 Å². The Morgan fingerprint density at radius 2 is 1.04 bits per heavy atom. The highest BCUT2D eigenvalue weighted by molar-refractivity contribution is 7.99. The van der Waals surface area contributed by atoms with Crippen molar-refractivity contribution in [2.45, 2.75) is 160 Å². The summed E-state index contributed by atoms with van der Waals surface area (Å²) in [5.41, 5.74) is 0. The third kappa shape index (κ3) is 44.8. The van der Waals surface area contributed by atoms with E-state index in [0.717, 1.165) is 70.6 Å². The zero-order valence-electron chi connectivity index (χ0n) is 44.4. The van der Waals surface area contributed by atoms with E-state index < -0.39 is 64.5 Å². The van der Waals surface area contributed by atoms with Crippen molar-refractivity contribution in [3.63, 3.8) is 0 Å². The van der Waals surface area contributed by atoms with Crippen LogP contribution < -0.4 is 21.3 Å². The van der Waals surface area contributed by atoms with E-state index in [0.29, 0.717) is 37.9 Å².